The maximum atomic E-state index is 12.9. The molecule has 0 aliphatic carbocycles. The van der Waals surface area contributed by atoms with Crippen molar-refractivity contribution in [1.29, 1.82) is 0 Å². The molecule has 0 N–H and O–H groups in total. The molecule has 1 atom stereocenters. The van der Waals surface area contributed by atoms with Crippen LogP contribution in [0.25, 0.3) is 0 Å². The lowest BCUT2D eigenvalue weighted by atomic mass is 10.1. The van der Waals surface area contributed by atoms with Gasteiger partial charge in [-0.05, 0) is 103 Å². The fraction of sp³-hybridized carbons (Fsp3) is 0.787. The quantitative estimate of drug-likeness (QED) is 0.0262. The summed E-state index contributed by atoms with van der Waals surface area (Å²) in [5, 5.41) is 0. The van der Waals surface area contributed by atoms with E-state index in [0.29, 0.717) is 19.3 Å². The van der Waals surface area contributed by atoms with Gasteiger partial charge in [-0.1, -0.05) is 229 Å². The number of esters is 3. The maximum Gasteiger partial charge on any atom is 0.306 e. The SMILES string of the molecule is CC/C=C\C/C=C\C/C=C\CCCCCCCC(=O)OC[C@H](COC(=O)CCCCCCC/C=C\CCCCCCCC)OC(=O)CCCCCCCCCCC/C=C\CCCCCCCC. The van der Waals surface area contributed by atoms with E-state index in [1.807, 2.05) is 0 Å². The van der Waals surface area contributed by atoms with Crippen molar-refractivity contribution in [3.63, 3.8) is 0 Å². The molecule has 0 aromatic heterocycles. The van der Waals surface area contributed by atoms with Crippen molar-refractivity contribution in [2.24, 2.45) is 0 Å². The molecule has 0 unspecified atom stereocenters. The third-order valence-corrected chi connectivity index (χ3v) is 12.5. The van der Waals surface area contributed by atoms with Crippen molar-refractivity contribution in [2.45, 2.75) is 297 Å². The fourth-order valence-corrected chi connectivity index (χ4v) is 8.15. The number of rotatable bonds is 52. The Balaban J connectivity index is 4.39. The van der Waals surface area contributed by atoms with Crippen molar-refractivity contribution in [3.05, 3.63) is 60.8 Å². The molecule has 0 saturated carbocycles. The summed E-state index contributed by atoms with van der Waals surface area (Å²) in [5.41, 5.74) is 0. The Labute approximate surface area is 415 Å². The van der Waals surface area contributed by atoms with Crippen molar-refractivity contribution in [2.75, 3.05) is 13.2 Å². The van der Waals surface area contributed by atoms with Gasteiger partial charge in [0.1, 0.15) is 13.2 Å². The van der Waals surface area contributed by atoms with Gasteiger partial charge in [-0.2, -0.15) is 0 Å². The summed E-state index contributed by atoms with van der Waals surface area (Å²) >= 11 is 0. The average Bonchev–Trinajstić information content (AvgIpc) is 3.33. The second-order valence-electron chi connectivity index (χ2n) is 19.2. The molecule has 0 rings (SSSR count). The van der Waals surface area contributed by atoms with E-state index in [-0.39, 0.29) is 31.1 Å². The van der Waals surface area contributed by atoms with Gasteiger partial charge in [0, 0.05) is 19.3 Å². The zero-order chi connectivity index (χ0) is 48.6. The highest BCUT2D eigenvalue weighted by atomic mass is 16.6. The summed E-state index contributed by atoms with van der Waals surface area (Å²) in [6.45, 7) is 6.52. The van der Waals surface area contributed by atoms with Gasteiger partial charge >= 0.3 is 17.9 Å². The van der Waals surface area contributed by atoms with Crippen molar-refractivity contribution >= 4 is 17.9 Å². The highest BCUT2D eigenvalue weighted by Crippen LogP contribution is 2.15. The molecule has 0 saturated heterocycles. The first-order valence-electron chi connectivity index (χ1n) is 28.8. The summed E-state index contributed by atoms with van der Waals surface area (Å²) in [6.07, 6.45) is 69.2. The van der Waals surface area contributed by atoms with Crippen LogP contribution in [-0.4, -0.2) is 37.2 Å². The Morgan fingerprint density at radius 2 is 0.582 bits per heavy atom. The molecule has 0 radical (unpaired) electrons. The van der Waals surface area contributed by atoms with E-state index in [9.17, 15) is 14.4 Å². The Morgan fingerprint density at radius 3 is 0.925 bits per heavy atom. The molecule has 0 aliphatic rings. The number of hydrogen-bond acceptors (Lipinski definition) is 6. The minimum Gasteiger partial charge on any atom is -0.462 e. The summed E-state index contributed by atoms with van der Waals surface area (Å²) < 4.78 is 16.9. The van der Waals surface area contributed by atoms with Crippen molar-refractivity contribution in [3.8, 4) is 0 Å². The fourth-order valence-electron chi connectivity index (χ4n) is 8.15. The molecule has 0 aliphatic heterocycles. The highest BCUT2D eigenvalue weighted by molar-refractivity contribution is 5.71. The van der Waals surface area contributed by atoms with Crippen molar-refractivity contribution < 1.29 is 28.6 Å². The monoisotopic (exact) mass is 937 g/mol. The third kappa shape index (κ3) is 53.9. The van der Waals surface area contributed by atoms with Gasteiger partial charge in [0.2, 0.25) is 0 Å². The standard InChI is InChI=1S/C61H108O6/c1-4-7-10-13-16-19-22-25-28-29-30-31-34-37-40-43-46-49-52-55-61(64)67-58(56-65-59(62)53-50-47-44-41-38-35-32-26-23-20-17-14-11-8-5-2)57-66-60(63)54-51-48-45-42-39-36-33-27-24-21-18-15-12-9-6-3/h8,11,17,20,25-28,32-33,58H,4-7,9-10,12-16,18-19,21-24,29-31,34-57H2,1-3H3/b11-8-,20-17-,28-25-,32-26-,33-27-/t58-/m1/s1. The summed E-state index contributed by atoms with van der Waals surface area (Å²) in [4.78, 5) is 38.1. The average molecular weight is 938 g/mol. The summed E-state index contributed by atoms with van der Waals surface area (Å²) in [7, 11) is 0. The zero-order valence-corrected chi connectivity index (χ0v) is 44.4. The Bertz CT molecular complexity index is 1210. The van der Waals surface area contributed by atoms with E-state index in [0.717, 1.165) is 103 Å². The first-order chi connectivity index (χ1) is 33.0. The molecule has 0 spiro atoms. The van der Waals surface area contributed by atoms with Crippen molar-refractivity contribution in [1.82, 2.24) is 0 Å². The number of carbonyl (C=O) groups excluding carboxylic acids is 3. The van der Waals surface area contributed by atoms with E-state index in [1.54, 1.807) is 0 Å². The van der Waals surface area contributed by atoms with Gasteiger partial charge in [-0.25, -0.2) is 0 Å². The highest BCUT2D eigenvalue weighted by Gasteiger charge is 2.19. The lowest BCUT2D eigenvalue weighted by Crippen LogP contribution is -2.30. The van der Waals surface area contributed by atoms with Crippen LogP contribution in [0.5, 0.6) is 0 Å². The molecule has 67 heavy (non-hydrogen) atoms. The second-order valence-corrected chi connectivity index (χ2v) is 19.2. The molecular formula is C61H108O6. The van der Waals surface area contributed by atoms with Crippen LogP contribution < -0.4 is 0 Å². The minimum absolute atomic E-state index is 0.0839. The zero-order valence-electron chi connectivity index (χ0n) is 44.4. The van der Waals surface area contributed by atoms with Crippen LogP contribution in [0.3, 0.4) is 0 Å². The largest absolute Gasteiger partial charge is 0.462 e. The lowest BCUT2D eigenvalue weighted by molar-refractivity contribution is -0.167. The van der Waals surface area contributed by atoms with Gasteiger partial charge in [0.05, 0.1) is 0 Å². The van der Waals surface area contributed by atoms with Crippen LogP contribution >= 0.6 is 0 Å². The topological polar surface area (TPSA) is 78.9 Å². The first kappa shape index (κ1) is 64.1. The smallest absolute Gasteiger partial charge is 0.306 e. The van der Waals surface area contributed by atoms with E-state index < -0.39 is 6.10 Å². The molecule has 0 bridgehead atoms. The maximum absolute atomic E-state index is 12.9. The van der Waals surface area contributed by atoms with Gasteiger partial charge in [-0.15, -0.1) is 0 Å². The number of allylic oxidation sites excluding steroid dienone is 10. The second kappa shape index (κ2) is 55.7. The Hall–Kier alpha value is -2.89. The molecule has 0 aromatic rings. The van der Waals surface area contributed by atoms with Crippen LogP contribution in [0.4, 0.5) is 0 Å². The van der Waals surface area contributed by atoms with E-state index in [1.165, 1.54) is 148 Å². The van der Waals surface area contributed by atoms with Crippen LogP contribution in [-0.2, 0) is 28.6 Å². The minimum atomic E-state index is -0.785. The van der Waals surface area contributed by atoms with E-state index in [2.05, 4.69) is 81.5 Å². The summed E-state index contributed by atoms with van der Waals surface area (Å²) in [5.74, 6) is -0.901. The predicted octanol–water partition coefficient (Wildman–Crippen LogP) is 19.2. The van der Waals surface area contributed by atoms with Crippen LogP contribution in [0.15, 0.2) is 60.8 Å². The molecule has 0 aromatic carbocycles. The van der Waals surface area contributed by atoms with Gasteiger partial charge in [-0.3, -0.25) is 14.4 Å². The van der Waals surface area contributed by atoms with Gasteiger partial charge < -0.3 is 14.2 Å². The molecule has 6 heteroatoms. The van der Waals surface area contributed by atoms with Gasteiger partial charge in [0.25, 0.3) is 0 Å². The number of unbranched alkanes of at least 4 members (excludes halogenated alkanes) is 31. The molecule has 388 valence electrons. The molecule has 0 heterocycles. The van der Waals surface area contributed by atoms with E-state index in [4.69, 9.17) is 14.2 Å². The molecular weight excluding hydrogens is 829 g/mol. The van der Waals surface area contributed by atoms with Gasteiger partial charge in [0.15, 0.2) is 6.10 Å². The summed E-state index contributed by atoms with van der Waals surface area (Å²) in [6, 6.07) is 0. The van der Waals surface area contributed by atoms with Crippen LogP contribution in [0.1, 0.15) is 290 Å². The van der Waals surface area contributed by atoms with E-state index >= 15 is 0 Å². The molecule has 0 fully saturated rings. The lowest BCUT2D eigenvalue weighted by Gasteiger charge is -2.18. The predicted molar refractivity (Wildman–Crippen MR) is 288 cm³/mol. The molecule has 6 nitrogen and oxygen atoms in total. The first-order valence-corrected chi connectivity index (χ1v) is 28.8. The van der Waals surface area contributed by atoms with Crippen LogP contribution in [0, 0.1) is 0 Å². The Morgan fingerprint density at radius 1 is 0.313 bits per heavy atom. The number of carbonyl (C=O) groups is 3. The normalized spacial score (nSPS) is 12.5. The van der Waals surface area contributed by atoms with Crippen LogP contribution in [0.2, 0.25) is 0 Å². The number of hydrogen-bond donors (Lipinski definition) is 0. The third-order valence-electron chi connectivity index (χ3n) is 12.5. The Kier molecular flexibility index (Phi) is 53.3. The molecule has 0 amide bonds. The number of ether oxygens (including phenoxy) is 3.